The van der Waals surface area contributed by atoms with Gasteiger partial charge in [-0.15, -0.1) is 0 Å². The zero-order valence-corrected chi connectivity index (χ0v) is 9.31. The minimum atomic E-state index is 0.137. The Hall–Kier alpha value is -0.940. The molecule has 1 aliphatic rings. The van der Waals surface area contributed by atoms with Gasteiger partial charge in [0.1, 0.15) is 12.4 Å². The molecule has 0 amide bonds. The van der Waals surface area contributed by atoms with Crippen LogP contribution in [0.3, 0.4) is 0 Å². The van der Waals surface area contributed by atoms with Crippen molar-refractivity contribution in [3.8, 4) is 0 Å². The lowest BCUT2D eigenvalue weighted by Gasteiger charge is -2.38. The minimum absolute atomic E-state index is 0.137. The molecule has 0 N–H and O–H groups in total. The van der Waals surface area contributed by atoms with Gasteiger partial charge >= 0.3 is 0 Å². The summed E-state index contributed by atoms with van der Waals surface area (Å²) in [6.07, 6.45) is 0. The van der Waals surface area contributed by atoms with Crippen LogP contribution in [0.25, 0.3) is 0 Å². The molecule has 0 spiro atoms. The van der Waals surface area contributed by atoms with Crippen molar-refractivity contribution < 1.29 is 14.3 Å². The second kappa shape index (κ2) is 5.82. The molecule has 0 aromatic carbocycles. The summed E-state index contributed by atoms with van der Waals surface area (Å²) in [4.78, 5) is 25.4. The van der Waals surface area contributed by atoms with Gasteiger partial charge < -0.3 is 9.64 Å². The predicted molar refractivity (Wildman–Crippen MR) is 55.6 cm³/mol. The molecular weight excluding hydrogens is 196 g/mol. The van der Waals surface area contributed by atoms with Crippen molar-refractivity contribution in [1.82, 2.24) is 9.80 Å². The average molecular weight is 214 g/mol. The largest absolute Gasteiger partial charge is 0.466 e. The molecular formula is C10H18N2O3. The van der Waals surface area contributed by atoms with Crippen LogP contribution in [0.1, 0.15) is 6.92 Å². The Kier molecular flexibility index (Phi) is 4.71. The van der Waals surface area contributed by atoms with E-state index in [-0.39, 0.29) is 11.8 Å². The fourth-order valence-corrected chi connectivity index (χ4v) is 1.85. The zero-order chi connectivity index (χ0) is 11.3. The Morgan fingerprint density at radius 3 is 2.87 bits per heavy atom. The van der Waals surface area contributed by atoms with Crippen LogP contribution < -0.4 is 0 Å². The molecule has 0 aromatic rings. The van der Waals surface area contributed by atoms with E-state index in [1.54, 1.807) is 6.92 Å². The topological polar surface area (TPSA) is 49.9 Å². The van der Waals surface area contributed by atoms with E-state index in [1.807, 2.05) is 7.05 Å². The predicted octanol–water partition coefficient (Wildman–Crippen LogP) is -0.636. The van der Waals surface area contributed by atoms with Crippen LogP contribution in [-0.4, -0.2) is 67.9 Å². The van der Waals surface area contributed by atoms with Gasteiger partial charge in [0.2, 0.25) is 0 Å². The maximum atomic E-state index is 11.0. The lowest BCUT2D eigenvalue weighted by Crippen LogP contribution is -2.54. The van der Waals surface area contributed by atoms with Gasteiger partial charge in [-0.05, 0) is 14.0 Å². The molecule has 0 aromatic heterocycles. The summed E-state index contributed by atoms with van der Waals surface area (Å²) in [7, 11) is 2.03. The molecule has 1 unspecified atom stereocenters. The number of ether oxygens (including phenoxy) is 1. The van der Waals surface area contributed by atoms with E-state index in [0.717, 1.165) is 19.6 Å². The Morgan fingerprint density at radius 1 is 1.53 bits per heavy atom. The van der Waals surface area contributed by atoms with Gasteiger partial charge in [-0.25, -0.2) is 0 Å². The maximum absolute atomic E-state index is 11.0. The van der Waals surface area contributed by atoms with E-state index in [9.17, 15) is 9.59 Å². The van der Waals surface area contributed by atoms with Crippen molar-refractivity contribution in [2.45, 2.75) is 13.0 Å². The van der Waals surface area contributed by atoms with Crippen LogP contribution in [0, 0.1) is 0 Å². The van der Waals surface area contributed by atoms with E-state index < -0.39 is 0 Å². The van der Waals surface area contributed by atoms with Gasteiger partial charge in [-0.1, -0.05) is 0 Å². The second-order valence-electron chi connectivity index (χ2n) is 4.02. The Bertz CT molecular complexity index is 233. The SMILES string of the molecule is CC(=O)CN1CCN(C)CC1COC=O. The van der Waals surface area contributed by atoms with Gasteiger partial charge in [0.05, 0.1) is 12.6 Å². The molecule has 1 atom stereocenters. The Labute approximate surface area is 90.0 Å². The third-order valence-electron chi connectivity index (χ3n) is 2.59. The highest BCUT2D eigenvalue weighted by atomic mass is 16.5. The molecule has 0 saturated carbocycles. The highest BCUT2D eigenvalue weighted by molar-refractivity contribution is 5.77. The first-order valence-electron chi connectivity index (χ1n) is 5.10. The van der Waals surface area contributed by atoms with E-state index >= 15 is 0 Å². The van der Waals surface area contributed by atoms with Crippen molar-refractivity contribution >= 4 is 12.3 Å². The minimum Gasteiger partial charge on any atom is -0.466 e. The van der Waals surface area contributed by atoms with Crippen LogP contribution in [-0.2, 0) is 14.3 Å². The smallest absolute Gasteiger partial charge is 0.293 e. The molecule has 1 rings (SSSR count). The quantitative estimate of drug-likeness (QED) is 0.570. The molecule has 5 nitrogen and oxygen atoms in total. The molecule has 0 radical (unpaired) electrons. The third-order valence-corrected chi connectivity index (χ3v) is 2.59. The van der Waals surface area contributed by atoms with Gasteiger partial charge in [-0.2, -0.15) is 0 Å². The van der Waals surface area contributed by atoms with Crippen LogP contribution >= 0.6 is 0 Å². The molecule has 15 heavy (non-hydrogen) atoms. The van der Waals surface area contributed by atoms with E-state index in [2.05, 4.69) is 9.80 Å². The van der Waals surface area contributed by atoms with Gasteiger partial charge in [0.25, 0.3) is 6.47 Å². The number of hydrogen-bond acceptors (Lipinski definition) is 5. The first-order valence-corrected chi connectivity index (χ1v) is 5.10. The van der Waals surface area contributed by atoms with Crippen molar-refractivity contribution in [3.63, 3.8) is 0 Å². The fourth-order valence-electron chi connectivity index (χ4n) is 1.85. The number of nitrogens with zero attached hydrogens (tertiary/aromatic N) is 2. The number of ketones is 1. The molecule has 5 heteroatoms. The van der Waals surface area contributed by atoms with Crippen LogP contribution in [0.2, 0.25) is 0 Å². The van der Waals surface area contributed by atoms with Gasteiger partial charge in [-0.3, -0.25) is 14.5 Å². The first-order chi connectivity index (χ1) is 7.13. The van der Waals surface area contributed by atoms with Crippen molar-refractivity contribution in [2.24, 2.45) is 0 Å². The van der Waals surface area contributed by atoms with Gasteiger partial charge in [0.15, 0.2) is 0 Å². The highest BCUT2D eigenvalue weighted by Crippen LogP contribution is 2.08. The van der Waals surface area contributed by atoms with E-state index in [4.69, 9.17) is 4.74 Å². The molecule has 86 valence electrons. The summed E-state index contributed by atoms with van der Waals surface area (Å²) in [6.45, 7) is 5.48. The van der Waals surface area contributed by atoms with Crippen molar-refractivity contribution in [2.75, 3.05) is 39.8 Å². The summed E-state index contributed by atoms with van der Waals surface area (Å²) in [5, 5.41) is 0. The number of Topliss-reactive ketones (excluding diaryl/α,β-unsaturated/α-hetero) is 1. The standard InChI is InChI=1S/C10H18N2O3/c1-9(14)5-12-4-3-11(2)6-10(12)7-15-8-13/h8,10H,3-7H2,1-2H3. The molecule has 1 fully saturated rings. The summed E-state index contributed by atoms with van der Waals surface area (Å²) in [5.41, 5.74) is 0. The molecule has 1 aliphatic heterocycles. The second-order valence-corrected chi connectivity index (χ2v) is 4.02. The average Bonchev–Trinajstić information content (AvgIpc) is 2.18. The lowest BCUT2D eigenvalue weighted by atomic mass is 10.1. The Balaban J connectivity index is 2.49. The van der Waals surface area contributed by atoms with Gasteiger partial charge in [0, 0.05) is 19.6 Å². The number of carbonyl (C=O) groups excluding carboxylic acids is 2. The number of carbonyl (C=O) groups is 2. The van der Waals surface area contributed by atoms with Crippen LogP contribution in [0.4, 0.5) is 0 Å². The summed E-state index contributed by atoms with van der Waals surface area (Å²) in [6, 6.07) is 0.137. The summed E-state index contributed by atoms with van der Waals surface area (Å²) < 4.78 is 4.77. The molecule has 1 heterocycles. The Morgan fingerprint density at radius 2 is 2.27 bits per heavy atom. The monoisotopic (exact) mass is 214 g/mol. The summed E-state index contributed by atoms with van der Waals surface area (Å²) in [5.74, 6) is 0.149. The van der Waals surface area contributed by atoms with E-state index in [0.29, 0.717) is 19.6 Å². The molecule has 0 bridgehead atoms. The lowest BCUT2D eigenvalue weighted by molar-refractivity contribution is -0.131. The number of rotatable bonds is 5. The molecule has 1 saturated heterocycles. The summed E-state index contributed by atoms with van der Waals surface area (Å²) >= 11 is 0. The maximum Gasteiger partial charge on any atom is 0.293 e. The van der Waals surface area contributed by atoms with Crippen molar-refractivity contribution in [1.29, 1.82) is 0 Å². The van der Waals surface area contributed by atoms with Crippen molar-refractivity contribution in [3.05, 3.63) is 0 Å². The fraction of sp³-hybridized carbons (Fsp3) is 0.800. The number of piperazine rings is 1. The highest BCUT2D eigenvalue weighted by Gasteiger charge is 2.26. The van der Waals surface area contributed by atoms with E-state index in [1.165, 1.54) is 0 Å². The van der Waals surface area contributed by atoms with Crippen LogP contribution in [0.15, 0.2) is 0 Å². The third kappa shape index (κ3) is 3.97. The normalized spacial score (nSPS) is 23.7. The number of hydrogen-bond donors (Lipinski definition) is 0. The number of likely N-dealkylation sites (N-methyl/N-ethyl adjacent to an activating group) is 1. The van der Waals surface area contributed by atoms with Crippen LogP contribution in [0.5, 0.6) is 0 Å². The first kappa shape index (κ1) is 12.1. The molecule has 0 aliphatic carbocycles. The zero-order valence-electron chi connectivity index (χ0n) is 9.31.